The van der Waals surface area contributed by atoms with E-state index in [1.807, 2.05) is 0 Å². The first kappa shape index (κ1) is 17.5. The van der Waals surface area contributed by atoms with E-state index in [-0.39, 0.29) is 17.9 Å². The molecular formula is C19H16FN7O. The Labute approximate surface area is 158 Å². The molecule has 0 bridgehead atoms. The zero-order valence-electron chi connectivity index (χ0n) is 14.9. The van der Waals surface area contributed by atoms with Crippen LogP contribution in [0.25, 0.3) is 22.0 Å². The minimum atomic E-state index is -0.763. The first-order valence-electron chi connectivity index (χ1n) is 8.42. The molecule has 0 unspecified atom stereocenters. The van der Waals surface area contributed by atoms with E-state index in [1.54, 1.807) is 48.5 Å². The fourth-order valence-electron chi connectivity index (χ4n) is 2.98. The molecule has 0 saturated heterocycles. The van der Waals surface area contributed by atoms with Crippen LogP contribution in [0.5, 0.6) is 0 Å². The fraction of sp³-hybridized carbons (Fsp3) is 0.105. The van der Waals surface area contributed by atoms with Gasteiger partial charge >= 0.3 is 0 Å². The standard InChI is InChI=1S/C19H16FN7O/c1-25-9-13(8-24-25)12-7-15(20)18(22)27(10-12)17(21)11-26-6-4-16-14(19(26)28)3-2-5-23-16/h2-10,21-22H,11H2,1H3. The van der Waals surface area contributed by atoms with Crippen molar-refractivity contribution in [3.63, 3.8) is 0 Å². The Bertz CT molecular complexity index is 1330. The van der Waals surface area contributed by atoms with Gasteiger partial charge in [0.15, 0.2) is 11.3 Å². The molecule has 4 rings (SSSR count). The second-order valence-electron chi connectivity index (χ2n) is 6.33. The minimum Gasteiger partial charge on any atom is -0.307 e. The molecule has 0 fully saturated rings. The first-order valence-corrected chi connectivity index (χ1v) is 8.42. The molecule has 0 amide bonds. The molecule has 28 heavy (non-hydrogen) atoms. The zero-order chi connectivity index (χ0) is 19.8. The van der Waals surface area contributed by atoms with E-state index in [9.17, 15) is 9.18 Å². The summed E-state index contributed by atoms with van der Waals surface area (Å²) in [5, 5.41) is 20.8. The molecule has 140 valence electrons. The van der Waals surface area contributed by atoms with E-state index in [0.29, 0.717) is 22.0 Å². The second-order valence-corrected chi connectivity index (χ2v) is 6.33. The van der Waals surface area contributed by atoms with E-state index in [0.717, 1.165) is 4.57 Å². The van der Waals surface area contributed by atoms with Crippen LogP contribution in [-0.4, -0.2) is 29.7 Å². The second kappa shape index (κ2) is 6.69. The van der Waals surface area contributed by atoms with Gasteiger partial charge in [-0.2, -0.15) is 5.10 Å². The predicted octanol–water partition coefficient (Wildman–Crippen LogP) is 1.74. The highest BCUT2D eigenvalue weighted by Gasteiger charge is 2.12. The van der Waals surface area contributed by atoms with Crippen LogP contribution in [-0.2, 0) is 13.6 Å². The molecule has 8 nitrogen and oxygen atoms in total. The summed E-state index contributed by atoms with van der Waals surface area (Å²) >= 11 is 0. The van der Waals surface area contributed by atoms with Gasteiger partial charge in [-0.05, 0) is 24.3 Å². The molecule has 0 saturated carbocycles. The average Bonchev–Trinajstić information content (AvgIpc) is 3.12. The van der Waals surface area contributed by atoms with Crippen LogP contribution in [0.4, 0.5) is 4.39 Å². The third kappa shape index (κ3) is 3.02. The van der Waals surface area contributed by atoms with Crippen LogP contribution in [0.1, 0.15) is 0 Å². The molecule has 0 spiro atoms. The molecule has 4 heterocycles. The fourth-order valence-corrected chi connectivity index (χ4v) is 2.98. The lowest BCUT2D eigenvalue weighted by Crippen LogP contribution is -2.34. The molecule has 9 heteroatoms. The van der Waals surface area contributed by atoms with Gasteiger partial charge in [0.25, 0.3) is 5.56 Å². The highest BCUT2D eigenvalue weighted by molar-refractivity contribution is 5.83. The van der Waals surface area contributed by atoms with Crippen molar-refractivity contribution >= 4 is 16.7 Å². The monoisotopic (exact) mass is 377 g/mol. The Morgan fingerprint density at radius 2 is 2.07 bits per heavy atom. The van der Waals surface area contributed by atoms with Crippen LogP contribution in [0, 0.1) is 16.6 Å². The minimum absolute atomic E-state index is 0.111. The first-order chi connectivity index (χ1) is 13.4. The summed E-state index contributed by atoms with van der Waals surface area (Å²) in [6.07, 6.45) is 7.93. The van der Waals surface area contributed by atoms with E-state index >= 15 is 0 Å². The third-order valence-electron chi connectivity index (χ3n) is 4.41. The lowest BCUT2D eigenvalue weighted by atomic mass is 10.1. The van der Waals surface area contributed by atoms with Crippen molar-refractivity contribution in [3.05, 3.63) is 76.9 Å². The number of nitrogens with one attached hydrogen (secondary N) is 2. The van der Waals surface area contributed by atoms with Crippen molar-refractivity contribution in [2.45, 2.75) is 6.54 Å². The Balaban J connectivity index is 1.74. The molecule has 0 radical (unpaired) electrons. The Kier molecular flexibility index (Phi) is 4.19. The Morgan fingerprint density at radius 3 is 2.82 bits per heavy atom. The highest BCUT2D eigenvalue weighted by atomic mass is 19.1. The quantitative estimate of drug-likeness (QED) is 0.420. The molecule has 0 aliphatic rings. The Morgan fingerprint density at radius 1 is 1.25 bits per heavy atom. The maximum absolute atomic E-state index is 14.3. The van der Waals surface area contributed by atoms with Gasteiger partial charge in [-0.1, -0.05) is 0 Å². The highest BCUT2D eigenvalue weighted by Crippen LogP contribution is 2.17. The number of aryl methyl sites for hydroxylation is 1. The number of aromatic nitrogens is 5. The van der Waals surface area contributed by atoms with Crippen molar-refractivity contribution in [3.8, 4) is 11.1 Å². The lowest BCUT2D eigenvalue weighted by Gasteiger charge is -2.13. The Hall–Kier alpha value is -3.88. The van der Waals surface area contributed by atoms with Gasteiger partial charge in [0.2, 0.25) is 0 Å². The number of halogens is 1. The van der Waals surface area contributed by atoms with Gasteiger partial charge in [0.05, 0.1) is 23.6 Å². The number of hydrogen-bond donors (Lipinski definition) is 2. The van der Waals surface area contributed by atoms with Crippen LogP contribution in [0.3, 0.4) is 0 Å². The SMILES string of the molecule is Cn1cc(-c2cc(F)c(=N)n(C(=N)Cn3ccc4ncccc4c3=O)c2)cn1. The van der Waals surface area contributed by atoms with Gasteiger partial charge in [-0.15, -0.1) is 0 Å². The molecule has 4 aromatic rings. The molecular weight excluding hydrogens is 361 g/mol. The van der Waals surface area contributed by atoms with Crippen LogP contribution >= 0.6 is 0 Å². The molecule has 2 N–H and O–H groups in total. The lowest BCUT2D eigenvalue weighted by molar-refractivity contribution is 0.589. The third-order valence-corrected chi connectivity index (χ3v) is 4.41. The summed E-state index contributed by atoms with van der Waals surface area (Å²) in [4.78, 5) is 16.8. The summed E-state index contributed by atoms with van der Waals surface area (Å²) in [6.45, 7) is -0.115. The van der Waals surface area contributed by atoms with E-state index in [2.05, 4.69) is 10.1 Å². The molecule has 0 atom stereocenters. The zero-order valence-corrected chi connectivity index (χ0v) is 14.9. The maximum Gasteiger partial charge on any atom is 0.260 e. The summed E-state index contributed by atoms with van der Waals surface area (Å²) in [6, 6.07) is 6.25. The molecule has 0 aromatic carbocycles. The van der Waals surface area contributed by atoms with Crippen molar-refractivity contribution in [2.24, 2.45) is 7.05 Å². The maximum atomic E-state index is 14.3. The van der Waals surface area contributed by atoms with E-state index in [4.69, 9.17) is 10.8 Å². The van der Waals surface area contributed by atoms with Crippen LogP contribution in [0.2, 0.25) is 0 Å². The summed E-state index contributed by atoms with van der Waals surface area (Å²) in [7, 11) is 1.75. The van der Waals surface area contributed by atoms with Crippen LogP contribution in [0.15, 0.2) is 60.0 Å². The normalized spacial score (nSPS) is 11.1. The number of fused-ring (bicyclic) bond motifs is 1. The van der Waals surface area contributed by atoms with Gasteiger partial charge in [-0.25, -0.2) is 4.39 Å². The van der Waals surface area contributed by atoms with Crippen molar-refractivity contribution in [1.29, 1.82) is 10.8 Å². The van der Waals surface area contributed by atoms with E-state index < -0.39 is 11.3 Å². The largest absolute Gasteiger partial charge is 0.307 e. The van der Waals surface area contributed by atoms with E-state index in [1.165, 1.54) is 23.0 Å². The predicted molar refractivity (Wildman–Crippen MR) is 102 cm³/mol. The van der Waals surface area contributed by atoms with Gasteiger partial charge in [0.1, 0.15) is 5.84 Å². The van der Waals surface area contributed by atoms with Gasteiger partial charge in [-0.3, -0.25) is 29.8 Å². The smallest absolute Gasteiger partial charge is 0.260 e. The number of nitrogens with zero attached hydrogens (tertiary/aromatic N) is 5. The number of hydrogen-bond acceptors (Lipinski definition) is 5. The average molecular weight is 377 g/mol. The number of pyridine rings is 3. The van der Waals surface area contributed by atoms with Crippen molar-refractivity contribution < 1.29 is 4.39 Å². The molecule has 4 aromatic heterocycles. The van der Waals surface area contributed by atoms with Crippen molar-refractivity contribution in [2.75, 3.05) is 0 Å². The summed E-state index contributed by atoms with van der Waals surface area (Å²) in [5.41, 5.74) is 0.964. The van der Waals surface area contributed by atoms with Gasteiger partial charge in [0, 0.05) is 43.0 Å². The van der Waals surface area contributed by atoms with Gasteiger partial charge < -0.3 is 4.57 Å². The summed E-state index contributed by atoms with van der Waals surface area (Å²) in [5.74, 6) is -0.874. The molecule has 0 aliphatic heterocycles. The summed E-state index contributed by atoms with van der Waals surface area (Å²) < 4.78 is 18.4. The van der Waals surface area contributed by atoms with Crippen molar-refractivity contribution in [1.82, 2.24) is 23.9 Å². The van der Waals surface area contributed by atoms with Crippen LogP contribution < -0.4 is 11.0 Å². The topological polar surface area (TPSA) is 105 Å². The molecule has 0 aliphatic carbocycles. The number of rotatable bonds is 3.